The van der Waals surface area contributed by atoms with Gasteiger partial charge in [0.1, 0.15) is 5.54 Å². The molecule has 3 aromatic carbocycles. The number of rotatable bonds is 7. The summed E-state index contributed by atoms with van der Waals surface area (Å²) in [5, 5.41) is 3.47. The molecular weight excluding hydrogens is 354 g/mol. The fourth-order valence-electron chi connectivity index (χ4n) is 3.93. The third kappa shape index (κ3) is 3.74. The summed E-state index contributed by atoms with van der Waals surface area (Å²) in [6.45, 7) is 5.05. The SMILES string of the molecule is CC(C)NCc1cn(C(c2ccccc2)(c2ccccc2)c2ccccc2)cn1. The Balaban J connectivity index is 1.96. The lowest BCUT2D eigenvalue weighted by atomic mass is 9.77. The van der Waals surface area contributed by atoms with E-state index >= 15 is 0 Å². The van der Waals surface area contributed by atoms with E-state index in [-0.39, 0.29) is 0 Å². The summed E-state index contributed by atoms with van der Waals surface area (Å²) in [4.78, 5) is 4.73. The highest BCUT2D eigenvalue weighted by Gasteiger charge is 2.38. The van der Waals surface area contributed by atoms with Gasteiger partial charge in [-0.25, -0.2) is 4.98 Å². The zero-order valence-corrected chi connectivity index (χ0v) is 17.0. The summed E-state index contributed by atoms with van der Waals surface area (Å²) in [5.41, 5.74) is 4.16. The summed E-state index contributed by atoms with van der Waals surface area (Å²) in [5.74, 6) is 0. The molecule has 1 aromatic heterocycles. The third-order valence-corrected chi connectivity index (χ3v) is 5.29. The molecule has 3 heteroatoms. The maximum Gasteiger partial charge on any atom is 0.121 e. The second kappa shape index (κ2) is 8.46. The topological polar surface area (TPSA) is 29.9 Å². The highest BCUT2D eigenvalue weighted by molar-refractivity contribution is 5.50. The standard InChI is InChI=1S/C26H27N3/c1-21(2)27-18-25-19-29(20-28-25)26(22-12-6-3-7-13-22,23-14-8-4-9-15-23)24-16-10-5-11-17-24/h3-17,19-21,27H,18H2,1-2H3. The van der Waals surface area contributed by atoms with Crippen LogP contribution in [0.4, 0.5) is 0 Å². The van der Waals surface area contributed by atoms with Crippen molar-refractivity contribution in [3.05, 3.63) is 126 Å². The van der Waals surface area contributed by atoms with Gasteiger partial charge in [-0.2, -0.15) is 0 Å². The van der Waals surface area contributed by atoms with Crippen molar-refractivity contribution in [2.24, 2.45) is 0 Å². The molecule has 0 atom stereocenters. The second-order valence-electron chi connectivity index (χ2n) is 7.62. The Bertz CT molecular complexity index is 925. The number of aromatic nitrogens is 2. The predicted molar refractivity (Wildman–Crippen MR) is 119 cm³/mol. The van der Waals surface area contributed by atoms with Gasteiger partial charge in [0.05, 0.1) is 12.0 Å². The average molecular weight is 382 g/mol. The Kier molecular flexibility index (Phi) is 5.59. The first-order valence-electron chi connectivity index (χ1n) is 10.1. The number of hydrogen-bond acceptors (Lipinski definition) is 2. The number of imidazole rings is 1. The quantitative estimate of drug-likeness (QED) is 0.445. The minimum absolute atomic E-state index is 0.419. The molecule has 0 radical (unpaired) electrons. The lowest BCUT2D eigenvalue weighted by Gasteiger charge is -2.37. The lowest BCUT2D eigenvalue weighted by molar-refractivity contribution is 0.513. The van der Waals surface area contributed by atoms with Crippen molar-refractivity contribution in [1.29, 1.82) is 0 Å². The molecule has 0 spiro atoms. The van der Waals surface area contributed by atoms with Gasteiger partial charge in [-0.1, -0.05) is 105 Å². The molecule has 0 saturated heterocycles. The molecular formula is C26H27N3. The minimum atomic E-state index is -0.493. The van der Waals surface area contributed by atoms with Crippen LogP contribution in [0.5, 0.6) is 0 Å². The van der Waals surface area contributed by atoms with E-state index in [4.69, 9.17) is 4.98 Å². The van der Waals surface area contributed by atoms with E-state index in [2.05, 4.69) is 121 Å². The molecule has 0 aliphatic heterocycles. The molecule has 1 heterocycles. The first-order valence-corrected chi connectivity index (χ1v) is 10.1. The van der Waals surface area contributed by atoms with Gasteiger partial charge in [-0.15, -0.1) is 0 Å². The maximum atomic E-state index is 4.73. The maximum absolute atomic E-state index is 4.73. The van der Waals surface area contributed by atoms with Crippen molar-refractivity contribution in [2.45, 2.75) is 32.0 Å². The molecule has 0 saturated carbocycles. The summed E-state index contributed by atoms with van der Waals surface area (Å²) >= 11 is 0. The van der Waals surface area contributed by atoms with Crippen molar-refractivity contribution in [1.82, 2.24) is 14.9 Å². The number of hydrogen-bond donors (Lipinski definition) is 1. The first-order chi connectivity index (χ1) is 14.2. The molecule has 0 unspecified atom stereocenters. The van der Waals surface area contributed by atoms with Gasteiger partial charge in [-0.05, 0) is 16.7 Å². The molecule has 0 aliphatic rings. The van der Waals surface area contributed by atoms with Crippen LogP contribution in [0.3, 0.4) is 0 Å². The predicted octanol–water partition coefficient (Wildman–Crippen LogP) is 5.22. The molecule has 0 fully saturated rings. The molecule has 29 heavy (non-hydrogen) atoms. The highest BCUT2D eigenvalue weighted by Crippen LogP contribution is 2.40. The largest absolute Gasteiger partial charge is 0.319 e. The van der Waals surface area contributed by atoms with Gasteiger partial charge in [0.15, 0.2) is 0 Å². The molecule has 4 aromatic rings. The Morgan fingerprint density at radius 2 is 1.21 bits per heavy atom. The van der Waals surface area contributed by atoms with E-state index in [0.717, 1.165) is 12.2 Å². The monoisotopic (exact) mass is 381 g/mol. The second-order valence-corrected chi connectivity index (χ2v) is 7.62. The molecule has 0 aliphatic carbocycles. The third-order valence-electron chi connectivity index (χ3n) is 5.29. The molecule has 3 nitrogen and oxygen atoms in total. The van der Waals surface area contributed by atoms with Crippen molar-refractivity contribution in [3.63, 3.8) is 0 Å². The summed E-state index contributed by atoms with van der Waals surface area (Å²) in [7, 11) is 0. The van der Waals surface area contributed by atoms with Crippen LogP contribution in [0.2, 0.25) is 0 Å². The van der Waals surface area contributed by atoms with Crippen LogP contribution in [-0.4, -0.2) is 15.6 Å². The molecule has 0 amide bonds. The van der Waals surface area contributed by atoms with Crippen LogP contribution >= 0.6 is 0 Å². The van der Waals surface area contributed by atoms with Gasteiger partial charge >= 0.3 is 0 Å². The number of nitrogens with zero attached hydrogens (tertiary/aromatic N) is 2. The zero-order valence-electron chi connectivity index (χ0n) is 17.0. The molecule has 146 valence electrons. The van der Waals surface area contributed by atoms with Crippen molar-refractivity contribution >= 4 is 0 Å². The summed E-state index contributed by atoms with van der Waals surface area (Å²) in [6, 6.07) is 32.4. The minimum Gasteiger partial charge on any atom is -0.319 e. The average Bonchev–Trinajstić information content (AvgIpc) is 3.24. The summed E-state index contributed by atoms with van der Waals surface area (Å²) < 4.78 is 2.25. The van der Waals surface area contributed by atoms with Gasteiger partial charge in [-0.3, -0.25) is 0 Å². The number of nitrogens with one attached hydrogen (secondary N) is 1. The van der Waals surface area contributed by atoms with E-state index in [1.54, 1.807) is 0 Å². The zero-order chi connectivity index (χ0) is 20.1. The fourth-order valence-corrected chi connectivity index (χ4v) is 3.93. The van der Waals surface area contributed by atoms with Crippen molar-refractivity contribution in [3.8, 4) is 0 Å². The van der Waals surface area contributed by atoms with E-state index in [9.17, 15) is 0 Å². The van der Waals surface area contributed by atoms with Crippen molar-refractivity contribution in [2.75, 3.05) is 0 Å². The van der Waals surface area contributed by atoms with Crippen LogP contribution in [0.25, 0.3) is 0 Å². The Morgan fingerprint density at radius 1 is 0.759 bits per heavy atom. The molecule has 1 N–H and O–H groups in total. The molecule has 4 rings (SSSR count). The Hall–Kier alpha value is -3.17. The van der Waals surface area contributed by atoms with Crippen LogP contribution in [0.15, 0.2) is 104 Å². The van der Waals surface area contributed by atoms with E-state index in [0.29, 0.717) is 6.04 Å². The van der Waals surface area contributed by atoms with Gasteiger partial charge < -0.3 is 9.88 Å². The summed E-state index contributed by atoms with van der Waals surface area (Å²) in [6.07, 6.45) is 4.13. The van der Waals surface area contributed by atoms with Gasteiger partial charge in [0.2, 0.25) is 0 Å². The van der Waals surface area contributed by atoms with Gasteiger partial charge in [0.25, 0.3) is 0 Å². The van der Waals surface area contributed by atoms with Crippen LogP contribution in [0, 0.1) is 0 Å². The number of benzene rings is 3. The normalized spacial score (nSPS) is 11.7. The van der Waals surface area contributed by atoms with E-state index < -0.39 is 5.54 Å². The van der Waals surface area contributed by atoms with E-state index in [1.807, 2.05) is 6.33 Å². The van der Waals surface area contributed by atoms with Gasteiger partial charge in [0, 0.05) is 18.8 Å². The highest BCUT2D eigenvalue weighted by atomic mass is 15.1. The van der Waals surface area contributed by atoms with Crippen LogP contribution in [0.1, 0.15) is 36.2 Å². The smallest absolute Gasteiger partial charge is 0.121 e. The Morgan fingerprint density at radius 3 is 1.62 bits per heavy atom. The molecule has 0 bridgehead atoms. The van der Waals surface area contributed by atoms with Crippen molar-refractivity contribution < 1.29 is 0 Å². The Labute approximate surface area is 173 Å². The first kappa shape index (κ1) is 19.2. The van der Waals surface area contributed by atoms with Crippen LogP contribution < -0.4 is 5.32 Å². The lowest BCUT2D eigenvalue weighted by Crippen LogP contribution is -2.37. The van der Waals surface area contributed by atoms with Crippen LogP contribution in [-0.2, 0) is 12.1 Å². The van der Waals surface area contributed by atoms with E-state index in [1.165, 1.54) is 16.7 Å². The fraction of sp³-hybridized carbons (Fsp3) is 0.192.